The second-order valence-electron chi connectivity index (χ2n) is 1.90. The van der Waals surface area contributed by atoms with Crippen LogP contribution < -0.4 is 5.56 Å². The molecule has 0 bridgehead atoms. The fraction of sp³-hybridized carbons (Fsp3) is 0.167. The van der Waals surface area contributed by atoms with Crippen LogP contribution in [0.15, 0.2) is 17.1 Å². The van der Waals surface area contributed by atoms with E-state index in [-0.39, 0.29) is 0 Å². The fourth-order valence-corrected chi connectivity index (χ4v) is 0.637. The molecule has 0 aliphatic carbocycles. The molecule has 1 aromatic heterocycles. The van der Waals surface area contributed by atoms with E-state index >= 15 is 0 Å². The van der Waals surface area contributed by atoms with E-state index in [1.807, 2.05) is 4.98 Å². The molecule has 11 heavy (non-hydrogen) atoms. The molecule has 0 fully saturated rings. The predicted octanol–water partition coefficient (Wildman–Crippen LogP) is 1.45. The molecule has 0 spiro atoms. The first-order valence-electron chi connectivity index (χ1n) is 2.77. The summed E-state index contributed by atoms with van der Waals surface area (Å²) >= 11 is 0. The van der Waals surface area contributed by atoms with Gasteiger partial charge in [-0.2, -0.15) is 0 Å². The molecule has 0 saturated heterocycles. The molecule has 0 saturated carbocycles. The normalized spacial score (nSPS) is 10.5. The molecule has 0 aromatic carbocycles. The Morgan fingerprint density at radius 1 is 1.45 bits per heavy atom. The van der Waals surface area contributed by atoms with Gasteiger partial charge in [0.1, 0.15) is 5.82 Å². The molecule has 2 nitrogen and oxygen atoms in total. The lowest BCUT2D eigenvalue weighted by molar-refractivity contribution is 0.146. The third kappa shape index (κ3) is 1.60. The maximum Gasteiger partial charge on any atom is 0.266 e. The second kappa shape index (κ2) is 2.77. The Morgan fingerprint density at radius 2 is 2.09 bits per heavy atom. The van der Waals surface area contributed by atoms with Gasteiger partial charge in [-0.15, -0.1) is 0 Å². The van der Waals surface area contributed by atoms with E-state index in [0.29, 0.717) is 12.3 Å². The predicted molar refractivity (Wildman–Crippen MR) is 32.0 cm³/mol. The van der Waals surface area contributed by atoms with Gasteiger partial charge in [-0.1, -0.05) is 0 Å². The standard InChI is InChI=1S/C6H4F3NO/c7-4-2-10-5(11)1-3(4)6(8)9/h1-2,6H,(H,10,11). The molecular formula is C6H4F3NO. The van der Waals surface area contributed by atoms with E-state index in [9.17, 15) is 18.0 Å². The number of pyridine rings is 1. The summed E-state index contributed by atoms with van der Waals surface area (Å²) in [6.45, 7) is 0. The van der Waals surface area contributed by atoms with Crippen molar-refractivity contribution in [3.63, 3.8) is 0 Å². The topological polar surface area (TPSA) is 32.9 Å². The number of hydrogen-bond donors (Lipinski definition) is 1. The van der Waals surface area contributed by atoms with E-state index in [4.69, 9.17) is 0 Å². The van der Waals surface area contributed by atoms with Crippen LogP contribution in [0.3, 0.4) is 0 Å². The van der Waals surface area contributed by atoms with E-state index in [2.05, 4.69) is 0 Å². The Kier molecular flexibility index (Phi) is 1.98. The Morgan fingerprint density at radius 3 is 2.55 bits per heavy atom. The molecular weight excluding hydrogens is 159 g/mol. The average molecular weight is 163 g/mol. The van der Waals surface area contributed by atoms with Crippen molar-refractivity contribution < 1.29 is 13.2 Å². The Bertz CT molecular complexity index is 307. The molecule has 0 atom stereocenters. The van der Waals surface area contributed by atoms with Gasteiger partial charge < -0.3 is 4.98 Å². The van der Waals surface area contributed by atoms with Gasteiger partial charge in [-0.3, -0.25) is 4.79 Å². The van der Waals surface area contributed by atoms with Crippen LogP contribution in [0, 0.1) is 5.82 Å². The van der Waals surface area contributed by atoms with Crippen molar-refractivity contribution in [1.29, 1.82) is 0 Å². The fourth-order valence-electron chi connectivity index (χ4n) is 0.637. The van der Waals surface area contributed by atoms with Gasteiger partial charge in [0, 0.05) is 12.3 Å². The lowest BCUT2D eigenvalue weighted by Crippen LogP contribution is -2.07. The Hall–Kier alpha value is -1.26. The third-order valence-corrected chi connectivity index (χ3v) is 1.14. The molecule has 0 unspecified atom stereocenters. The molecule has 1 heterocycles. The van der Waals surface area contributed by atoms with Gasteiger partial charge in [-0.25, -0.2) is 13.2 Å². The highest BCUT2D eigenvalue weighted by molar-refractivity contribution is 5.13. The lowest BCUT2D eigenvalue weighted by Gasteiger charge is -1.97. The highest BCUT2D eigenvalue weighted by Crippen LogP contribution is 2.18. The summed E-state index contributed by atoms with van der Waals surface area (Å²) in [4.78, 5) is 12.3. The molecule has 0 radical (unpaired) electrons. The minimum atomic E-state index is -2.95. The quantitative estimate of drug-likeness (QED) is 0.667. The first-order valence-corrected chi connectivity index (χ1v) is 2.77. The van der Waals surface area contributed by atoms with E-state index in [1.54, 1.807) is 0 Å². The monoisotopic (exact) mass is 163 g/mol. The number of rotatable bonds is 1. The van der Waals surface area contributed by atoms with Crippen LogP contribution in [0.5, 0.6) is 0 Å². The maximum atomic E-state index is 12.4. The molecule has 0 amide bonds. The van der Waals surface area contributed by atoms with Crippen LogP contribution in [0.2, 0.25) is 0 Å². The number of halogens is 3. The number of nitrogens with one attached hydrogen (secondary N) is 1. The van der Waals surface area contributed by atoms with Gasteiger partial charge in [0.05, 0.1) is 5.56 Å². The number of aromatic nitrogens is 1. The van der Waals surface area contributed by atoms with E-state index < -0.39 is 23.4 Å². The van der Waals surface area contributed by atoms with Crippen LogP contribution in [-0.4, -0.2) is 4.98 Å². The molecule has 60 valence electrons. The smallest absolute Gasteiger partial charge is 0.266 e. The summed E-state index contributed by atoms with van der Waals surface area (Å²) in [6.07, 6.45) is -2.33. The number of hydrogen-bond acceptors (Lipinski definition) is 1. The molecule has 1 rings (SSSR count). The summed E-state index contributed by atoms with van der Waals surface area (Å²) in [5.41, 5.74) is -1.60. The molecule has 1 N–H and O–H groups in total. The van der Waals surface area contributed by atoms with Crippen molar-refractivity contribution in [3.8, 4) is 0 Å². The summed E-state index contributed by atoms with van der Waals surface area (Å²) in [5, 5.41) is 0. The van der Waals surface area contributed by atoms with Crippen molar-refractivity contribution >= 4 is 0 Å². The first-order chi connectivity index (χ1) is 5.11. The van der Waals surface area contributed by atoms with Crippen LogP contribution in [0.25, 0.3) is 0 Å². The molecule has 5 heteroatoms. The van der Waals surface area contributed by atoms with Crippen molar-refractivity contribution in [1.82, 2.24) is 4.98 Å². The highest BCUT2D eigenvalue weighted by atomic mass is 19.3. The van der Waals surface area contributed by atoms with Gasteiger partial charge in [0.2, 0.25) is 5.56 Å². The van der Waals surface area contributed by atoms with Crippen molar-refractivity contribution in [2.24, 2.45) is 0 Å². The first kappa shape index (κ1) is 7.84. The maximum absolute atomic E-state index is 12.4. The van der Waals surface area contributed by atoms with Crippen molar-refractivity contribution in [2.45, 2.75) is 6.43 Å². The SMILES string of the molecule is O=c1cc(C(F)F)c(F)c[nH]1. The minimum absolute atomic E-state index is 0.542. The van der Waals surface area contributed by atoms with Crippen LogP contribution in [0.4, 0.5) is 13.2 Å². The summed E-state index contributed by atoms with van der Waals surface area (Å²) in [6, 6.07) is 0.542. The van der Waals surface area contributed by atoms with Gasteiger partial charge >= 0.3 is 0 Å². The third-order valence-electron chi connectivity index (χ3n) is 1.14. The number of H-pyrrole nitrogens is 1. The highest BCUT2D eigenvalue weighted by Gasteiger charge is 2.12. The van der Waals surface area contributed by atoms with Crippen molar-refractivity contribution in [3.05, 3.63) is 34.0 Å². The van der Waals surface area contributed by atoms with Crippen LogP contribution in [0.1, 0.15) is 12.0 Å². The van der Waals surface area contributed by atoms with Gasteiger partial charge in [0.25, 0.3) is 6.43 Å². The molecule has 0 aliphatic heterocycles. The summed E-state index contributed by atoms with van der Waals surface area (Å²) < 4.78 is 36.0. The summed E-state index contributed by atoms with van der Waals surface area (Å²) in [7, 11) is 0. The Balaban J connectivity index is 3.23. The Labute approximate surface area is 59.7 Å². The average Bonchev–Trinajstić information content (AvgIpc) is 1.94. The van der Waals surface area contributed by atoms with Gasteiger partial charge in [-0.05, 0) is 0 Å². The van der Waals surface area contributed by atoms with E-state index in [1.165, 1.54) is 0 Å². The minimum Gasteiger partial charge on any atom is -0.326 e. The summed E-state index contributed by atoms with van der Waals surface area (Å²) in [5.74, 6) is -1.10. The largest absolute Gasteiger partial charge is 0.326 e. The van der Waals surface area contributed by atoms with Gasteiger partial charge in [0.15, 0.2) is 0 Å². The van der Waals surface area contributed by atoms with Crippen LogP contribution in [-0.2, 0) is 0 Å². The number of alkyl halides is 2. The molecule has 1 aromatic rings. The zero-order valence-electron chi connectivity index (χ0n) is 5.27. The van der Waals surface area contributed by atoms with Crippen molar-refractivity contribution in [2.75, 3.05) is 0 Å². The second-order valence-corrected chi connectivity index (χ2v) is 1.90. The molecule has 0 aliphatic rings. The lowest BCUT2D eigenvalue weighted by atomic mass is 10.3. The zero-order chi connectivity index (χ0) is 8.43. The van der Waals surface area contributed by atoms with E-state index in [0.717, 1.165) is 0 Å². The zero-order valence-corrected chi connectivity index (χ0v) is 5.27. The number of aromatic amines is 1. The van der Waals surface area contributed by atoms with Crippen LogP contribution >= 0.6 is 0 Å².